The molecular formula is C23H20O3. The van der Waals surface area contributed by atoms with Gasteiger partial charge >= 0.3 is 0 Å². The molecule has 0 amide bonds. The molecule has 3 heteroatoms. The first kappa shape index (κ1) is 16.4. The Balaban J connectivity index is 1.82. The summed E-state index contributed by atoms with van der Waals surface area (Å²) in [6, 6.07) is 23.3. The zero-order valence-electron chi connectivity index (χ0n) is 14.8. The Morgan fingerprint density at radius 1 is 0.846 bits per heavy atom. The third kappa shape index (κ3) is 2.86. The van der Waals surface area contributed by atoms with E-state index in [2.05, 4.69) is 0 Å². The van der Waals surface area contributed by atoms with Crippen molar-refractivity contribution in [1.82, 2.24) is 0 Å². The number of rotatable bonds is 3. The zero-order valence-corrected chi connectivity index (χ0v) is 14.8. The maximum absolute atomic E-state index is 13.3. The normalized spacial score (nSPS) is 18.8. The summed E-state index contributed by atoms with van der Waals surface area (Å²) in [6.07, 6.45) is -0.369. The number of benzene rings is 3. The van der Waals surface area contributed by atoms with Crippen LogP contribution in [0.3, 0.4) is 0 Å². The molecule has 0 aromatic heterocycles. The van der Waals surface area contributed by atoms with Gasteiger partial charge in [-0.3, -0.25) is 4.79 Å². The van der Waals surface area contributed by atoms with Crippen LogP contribution in [-0.4, -0.2) is 12.9 Å². The Labute approximate surface area is 153 Å². The molecule has 4 rings (SSSR count). The van der Waals surface area contributed by atoms with Crippen molar-refractivity contribution < 1.29 is 14.3 Å². The second kappa shape index (κ2) is 6.68. The van der Waals surface area contributed by atoms with Crippen molar-refractivity contribution in [1.29, 1.82) is 0 Å². The molecule has 26 heavy (non-hydrogen) atoms. The minimum absolute atomic E-state index is 0.0940. The maximum atomic E-state index is 13.3. The summed E-state index contributed by atoms with van der Waals surface area (Å²) in [6.45, 7) is 2.04. The highest BCUT2D eigenvalue weighted by atomic mass is 16.5. The molecular weight excluding hydrogens is 324 g/mol. The van der Waals surface area contributed by atoms with Gasteiger partial charge in [-0.2, -0.15) is 0 Å². The van der Waals surface area contributed by atoms with Gasteiger partial charge in [0.1, 0.15) is 17.6 Å². The van der Waals surface area contributed by atoms with Crippen LogP contribution >= 0.6 is 0 Å². The molecule has 130 valence electrons. The fourth-order valence-corrected chi connectivity index (χ4v) is 3.44. The fraction of sp³-hybridized carbons (Fsp3) is 0.174. The van der Waals surface area contributed by atoms with Crippen LogP contribution in [0.4, 0.5) is 0 Å². The number of methoxy groups -OCH3 is 1. The topological polar surface area (TPSA) is 35.5 Å². The van der Waals surface area contributed by atoms with Gasteiger partial charge in [-0.1, -0.05) is 54.1 Å². The molecule has 3 aromatic carbocycles. The van der Waals surface area contributed by atoms with E-state index in [1.165, 1.54) is 5.56 Å². The van der Waals surface area contributed by atoms with Crippen LogP contribution in [-0.2, 0) is 0 Å². The summed E-state index contributed by atoms with van der Waals surface area (Å²) < 4.78 is 11.5. The standard InChI is InChI=1S/C23H20O3/c1-15-7-9-16(10-8-15)21-22(24)19-5-3-4-6-20(19)26-23(21)17-11-13-18(25-2)14-12-17/h3-14,21,23H,1-2H3. The third-order valence-corrected chi connectivity index (χ3v) is 4.87. The van der Waals surface area contributed by atoms with E-state index in [-0.39, 0.29) is 17.8 Å². The molecule has 0 radical (unpaired) electrons. The molecule has 1 aliphatic heterocycles. The van der Waals surface area contributed by atoms with Crippen LogP contribution < -0.4 is 9.47 Å². The molecule has 0 saturated heterocycles. The Morgan fingerprint density at radius 3 is 2.19 bits per heavy atom. The number of carbonyl (C=O) groups excluding carboxylic acids is 1. The number of ether oxygens (including phenoxy) is 2. The first-order chi connectivity index (χ1) is 12.7. The zero-order chi connectivity index (χ0) is 18.1. The molecule has 1 aliphatic rings. The van der Waals surface area contributed by atoms with Gasteiger partial charge in [0.25, 0.3) is 0 Å². The van der Waals surface area contributed by atoms with Gasteiger partial charge in [0.15, 0.2) is 5.78 Å². The summed E-state index contributed by atoms with van der Waals surface area (Å²) in [5.41, 5.74) is 3.73. The first-order valence-electron chi connectivity index (χ1n) is 8.68. The Bertz CT molecular complexity index is 926. The van der Waals surface area contributed by atoms with Crippen LogP contribution in [0.15, 0.2) is 72.8 Å². The highest BCUT2D eigenvalue weighted by Gasteiger charge is 2.39. The second-order valence-electron chi connectivity index (χ2n) is 6.56. The molecule has 0 aliphatic carbocycles. The molecule has 3 aromatic rings. The first-order valence-corrected chi connectivity index (χ1v) is 8.68. The lowest BCUT2D eigenvalue weighted by Gasteiger charge is -2.33. The van der Waals surface area contributed by atoms with Crippen molar-refractivity contribution in [3.8, 4) is 11.5 Å². The lowest BCUT2D eigenvalue weighted by molar-refractivity contribution is 0.0781. The Hall–Kier alpha value is -3.07. The van der Waals surface area contributed by atoms with Crippen molar-refractivity contribution in [2.45, 2.75) is 18.9 Å². The number of hydrogen-bond donors (Lipinski definition) is 0. The van der Waals surface area contributed by atoms with Crippen molar-refractivity contribution in [2.75, 3.05) is 7.11 Å². The van der Waals surface area contributed by atoms with Crippen molar-refractivity contribution in [3.05, 3.63) is 95.1 Å². The second-order valence-corrected chi connectivity index (χ2v) is 6.56. The molecule has 0 bridgehead atoms. The van der Waals surface area contributed by atoms with Crippen LogP contribution in [0.2, 0.25) is 0 Å². The molecule has 2 unspecified atom stereocenters. The SMILES string of the molecule is COc1ccc(C2Oc3ccccc3C(=O)C2c2ccc(C)cc2)cc1. The van der Waals surface area contributed by atoms with E-state index in [9.17, 15) is 4.79 Å². The van der Waals surface area contributed by atoms with Crippen molar-refractivity contribution in [3.63, 3.8) is 0 Å². The number of para-hydroxylation sites is 1. The Kier molecular flexibility index (Phi) is 4.21. The van der Waals surface area contributed by atoms with Crippen LogP contribution in [0.1, 0.15) is 39.1 Å². The largest absolute Gasteiger partial charge is 0.497 e. The minimum atomic E-state index is -0.376. The van der Waals surface area contributed by atoms with Gasteiger partial charge in [0.2, 0.25) is 0 Å². The van der Waals surface area contributed by atoms with E-state index >= 15 is 0 Å². The number of fused-ring (bicyclic) bond motifs is 1. The number of hydrogen-bond acceptors (Lipinski definition) is 3. The summed E-state index contributed by atoms with van der Waals surface area (Å²) >= 11 is 0. The Morgan fingerprint density at radius 2 is 1.50 bits per heavy atom. The number of Topliss-reactive ketones (excluding diaryl/α,β-unsaturated/α-hetero) is 1. The number of carbonyl (C=O) groups is 1. The highest BCUT2D eigenvalue weighted by Crippen LogP contribution is 2.44. The summed E-state index contributed by atoms with van der Waals surface area (Å²) in [4.78, 5) is 13.3. The van der Waals surface area contributed by atoms with Crippen molar-refractivity contribution >= 4 is 5.78 Å². The predicted octanol–water partition coefficient (Wildman–Crippen LogP) is 5.10. The predicted molar refractivity (Wildman–Crippen MR) is 101 cm³/mol. The molecule has 0 N–H and O–H groups in total. The van der Waals surface area contributed by atoms with Crippen LogP contribution in [0.5, 0.6) is 11.5 Å². The molecule has 1 heterocycles. The fourth-order valence-electron chi connectivity index (χ4n) is 3.44. The maximum Gasteiger partial charge on any atom is 0.178 e. The lowest BCUT2D eigenvalue weighted by Crippen LogP contribution is -2.30. The van der Waals surface area contributed by atoms with E-state index in [0.29, 0.717) is 11.3 Å². The molecule has 0 spiro atoms. The van der Waals surface area contributed by atoms with Gasteiger partial charge in [-0.05, 0) is 42.3 Å². The summed E-state index contributed by atoms with van der Waals surface area (Å²) in [5, 5.41) is 0. The molecule has 0 fully saturated rings. The van der Waals surface area contributed by atoms with Gasteiger partial charge < -0.3 is 9.47 Å². The van der Waals surface area contributed by atoms with Gasteiger partial charge in [0, 0.05) is 0 Å². The number of ketones is 1. The van der Waals surface area contributed by atoms with E-state index in [1.54, 1.807) is 7.11 Å². The molecule has 3 nitrogen and oxygen atoms in total. The molecule has 0 saturated carbocycles. The lowest BCUT2D eigenvalue weighted by atomic mass is 9.81. The van der Waals surface area contributed by atoms with Crippen LogP contribution in [0.25, 0.3) is 0 Å². The van der Waals surface area contributed by atoms with Gasteiger partial charge in [-0.15, -0.1) is 0 Å². The minimum Gasteiger partial charge on any atom is -0.497 e. The average molecular weight is 344 g/mol. The van der Waals surface area contributed by atoms with E-state index in [1.807, 2.05) is 79.7 Å². The van der Waals surface area contributed by atoms with E-state index in [4.69, 9.17) is 9.47 Å². The highest BCUT2D eigenvalue weighted by molar-refractivity contribution is 6.04. The number of aryl methyl sites for hydroxylation is 1. The van der Waals surface area contributed by atoms with E-state index in [0.717, 1.165) is 16.9 Å². The van der Waals surface area contributed by atoms with Crippen LogP contribution in [0, 0.1) is 6.92 Å². The van der Waals surface area contributed by atoms with Gasteiger partial charge in [0.05, 0.1) is 18.6 Å². The van der Waals surface area contributed by atoms with Gasteiger partial charge in [-0.25, -0.2) is 0 Å². The summed E-state index contributed by atoms with van der Waals surface area (Å²) in [7, 11) is 1.64. The van der Waals surface area contributed by atoms with Crippen molar-refractivity contribution in [2.24, 2.45) is 0 Å². The monoisotopic (exact) mass is 344 g/mol. The average Bonchev–Trinajstić information content (AvgIpc) is 2.69. The smallest absolute Gasteiger partial charge is 0.178 e. The summed E-state index contributed by atoms with van der Waals surface area (Å²) in [5.74, 6) is 1.14. The molecule has 2 atom stereocenters. The third-order valence-electron chi connectivity index (χ3n) is 4.87. The quantitative estimate of drug-likeness (QED) is 0.663. The van der Waals surface area contributed by atoms with E-state index < -0.39 is 0 Å².